The number of alkyl carbamates (subject to hydrolysis) is 1. The van der Waals surface area contributed by atoms with Gasteiger partial charge in [0.05, 0.1) is 0 Å². The normalized spacial score (nSPS) is 15.5. The van der Waals surface area contributed by atoms with Gasteiger partial charge in [-0.25, -0.2) is 9.59 Å². The van der Waals surface area contributed by atoms with Crippen molar-refractivity contribution in [3.8, 4) is 0 Å². The van der Waals surface area contributed by atoms with Crippen LogP contribution in [0.25, 0.3) is 0 Å². The molecular formula is C28H28F3NO5. The van der Waals surface area contributed by atoms with Crippen LogP contribution in [0.15, 0.2) is 91.0 Å². The van der Waals surface area contributed by atoms with Gasteiger partial charge in [0.1, 0.15) is 18.2 Å². The summed E-state index contributed by atoms with van der Waals surface area (Å²) in [6.45, 7) is 2.90. The number of halogens is 3. The predicted octanol–water partition coefficient (Wildman–Crippen LogP) is 5.86. The molecule has 0 aliphatic rings. The van der Waals surface area contributed by atoms with Crippen LogP contribution in [0.1, 0.15) is 30.5 Å². The second-order valence-corrected chi connectivity index (χ2v) is 8.55. The first-order valence-electron chi connectivity index (χ1n) is 11.5. The number of rotatable bonds is 9. The van der Waals surface area contributed by atoms with Gasteiger partial charge >= 0.3 is 18.2 Å². The monoisotopic (exact) mass is 515 g/mol. The van der Waals surface area contributed by atoms with Crippen LogP contribution in [0.3, 0.4) is 0 Å². The minimum Gasteiger partial charge on any atom is -0.457 e. The number of hydrogen-bond acceptors (Lipinski definition) is 5. The molecule has 0 fully saturated rings. The summed E-state index contributed by atoms with van der Waals surface area (Å²) in [5.74, 6) is -1.66. The van der Waals surface area contributed by atoms with Gasteiger partial charge in [0.2, 0.25) is 0 Å². The SMILES string of the molecule is CO[C@](C(=O)O[C@@H](C)[C@@](C)(NC(=O)OCc1ccccc1)c1ccccc1)(c1ccccc1)C(F)(F)F. The highest BCUT2D eigenvalue weighted by Gasteiger charge is 2.64. The maximum Gasteiger partial charge on any atom is 0.432 e. The highest BCUT2D eigenvalue weighted by Crippen LogP contribution is 2.44. The lowest BCUT2D eigenvalue weighted by Gasteiger charge is -2.39. The summed E-state index contributed by atoms with van der Waals surface area (Å²) in [7, 11) is 0.794. The van der Waals surface area contributed by atoms with E-state index < -0.39 is 41.0 Å². The van der Waals surface area contributed by atoms with E-state index in [0.29, 0.717) is 5.56 Å². The van der Waals surface area contributed by atoms with Crippen molar-refractivity contribution in [2.24, 2.45) is 0 Å². The second-order valence-electron chi connectivity index (χ2n) is 8.55. The van der Waals surface area contributed by atoms with E-state index >= 15 is 0 Å². The molecule has 0 saturated heterocycles. The zero-order chi connectivity index (χ0) is 27.1. The van der Waals surface area contributed by atoms with Gasteiger partial charge in [-0.05, 0) is 25.0 Å². The smallest absolute Gasteiger partial charge is 0.432 e. The summed E-state index contributed by atoms with van der Waals surface area (Å²) >= 11 is 0. The second kappa shape index (κ2) is 11.5. The molecule has 3 aromatic rings. The Morgan fingerprint density at radius 1 is 0.838 bits per heavy atom. The molecule has 0 unspecified atom stereocenters. The number of esters is 1. The Bertz CT molecular complexity index is 1170. The number of nitrogens with one attached hydrogen (secondary N) is 1. The van der Waals surface area contributed by atoms with Crippen LogP contribution in [-0.4, -0.2) is 31.5 Å². The summed E-state index contributed by atoms with van der Waals surface area (Å²) in [5, 5.41) is 2.67. The number of carbonyl (C=O) groups excluding carboxylic acids is 2. The molecule has 6 nitrogen and oxygen atoms in total. The maximum absolute atomic E-state index is 14.3. The Hall–Kier alpha value is -3.85. The molecular weight excluding hydrogens is 487 g/mol. The van der Waals surface area contributed by atoms with Gasteiger partial charge in [0.15, 0.2) is 0 Å². The molecule has 0 spiro atoms. The Balaban J connectivity index is 1.90. The van der Waals surface area contributed by atoms with Gasteiger partial charge in [0, 0.05) is 12.7 Å². The Labute approximate surface area is 213 Å². The number of ether oxygens (including phenoxy) is 3. The summed E-state index contributed by atoms with van der Waals surface area (Å²) in [6, 6.07) is 23.9. The van der Waals surface area contributed by atoms with Crippen molar-refractivity contribution in [2.75, 3.05) is 7.11 Å². The Morgan fingerprint density at radius 3 is 1.81 bits per heavy atom. The highest BCUT2D eigenvalue weighted by atomic mass is 19.4. The fourth-order valence-corrected chi connectivity index (χ4v) is 3.91. The number of carbonyl (C=O) groups is 2. The first-order chi connectivity index (χ1) is 17.5. The number of benzene rings is 3. The van der Waals surface area contributed by atoms with E-state index in [2.05, 4.69) is 5.32 Å². The van der Waals surface area contributed by atoms with Crippen LogP contribution in [0.4, 0.5) is 18.0 Å². The molecule has 196 valence electrons. The standard InChI is InChI=1S/C28H28F3NO5/c1-20(37-24(33)27(35-3,28(29,30)31)23-17-11-6-12-18-23)26(2,22-15-9-5-10-16-22)32-25(34)36-19-21-13-7-4-8-14-21/h4-18,20H,19H2,1-3H3,(H,32,34)/t20-,26+,27-/m0/s1. The third-order valence-corrected chi connectivity index (χ3v) is 6.22. The van der Waals surface area contributed by atoms with Crippen LogP contribution in [-0.2, 0) is 36.8 Å². The first-order valence-corrected chi connectivity index (χ1v) is 11.5. The fraction of sp³-hybridized carbons (Fsp3) is 0.286. The van der Waals surface area contributed by atoms with Crippen LogP contribution < -0.4 is 5.32 Å². The molecule has 0 aliphatic carbocycles. The van der Waals surface area contributed by atoms with Gasteiger partial charge in [-0.1, -0.05) is 91.0 Å². The van der Waals surface area contributed by atoms with E-state index in [1.807, 2.05) is 6.07 Å². The number of amides is 1. The van der Waals surface area contributed by atoms with Crippen LogP contribution >= 0.6 is 0 Å². The number of hydrogen-bond donors (Lipinski definition) is 1. The molecule has 1 amide bonds. The van der Waals surface area contributed by atoms with E-state index in [-0.39, 0.29) is 6.61 Å². The summed E-state index contributed by atoms with van der Waals surface area (Å²) in [4.78, 5) is 26.0. The Kier molecular flexibility index (Phi) is 8.60. The molecule has 1 N–H and O–H groups in total. The van der Waals surface area contributed by atoms with Gasteiger partial charge in [-0.2, -0.15) is 13.2 Å². The van der Waals surface area contributed by atoms with E-state index in [0.717, 1.165) is 24.8 Å². The lowest BCUT2D eigenvalue weighted by Crippen LogP contribution is -2.57. The molecule has 0 aliphatic heterocycles. The molecule has 9 heteroatoms. The molecule has 3 aromatic carbocycles. The average molecular weight is 516 g/mol. The van der Waals surface area contributed by atoms with E-state index in [1.54, 1.807) is 54.6 Å². The fourth-order valence-electron chi connectivity index (χ4n) is 3.91. The van der Waals surface area contributed by atoms with E-state index in [4.69, 9.17) is 14.2 Å². The Morgan fingerprint density at radius 2 is 1.32 bits per heavy atom. The van der Waals surface area contributed by atoms with Gasteiger partial charge in [0.25, 0.3) is 5.60 Å². The van der Waals surface area contributed by atoms with Crippen molar-refractivity contribution in [1.82, 2.24) is 5.32 Å². The number of alkyl halides is 3. The molecule has 0 aromatic heterocycles. The summed E-state index contributed by atoms with van der Waals surface area (Å²) in [6.07, 6.45) is -7.24. The lowest BCUT2D eigenvalue weighted by molar-refractivity contribution is -0.279. The molecule has 3 atom stereocenters. The van der Waals surface area contributed by atoms with Gasteiger partial charge in [-0.3, -0.25) is 0 Å². The first kappa shape index (κ1) is 27.7. The quantitative estimate of drug-likeness (QED) is 0.361. The van der Waals surface area contributed by atoms with Crippen LogP contribution in [0, 0.1) is 0 Å². The van der Waals surface area contributed by atoms with Gasteiger partial charge < -0.3 is 19.5 Å². The molecule has 3 rings (SSSR count). The van der Waals surface area contributed by atoms with Crippen molar-refractivity contribution >= 4 is 12.1 Å². The summed E-state index contributed by atoms with van der Waals surface area (Å²) < 4.78 is 58.6. The lowest BCUT2D eigenvalue weighted by atomic mass is 9.86. The van der Waals surface area contributed by atoms with Crippen molar-refractivity contribution in [1.29, 1.82) is 0 Å². The van der Waals surface area contributed by atoms with E-state index in [9.17, 15) is 22.8 Å². The topological polar surface area (TPSA) is 73.9 Å². The number of methoxy groups -OCH3 is 1. The van der Waals surface area contributed by atoms with Crippen molar-refractivity contribution < 1.29 is 37.0 Å². The van der Waals surface area contributed by atoms with Crippen LogP contribution in [0.2, 0.25) is 0 Å². The molecule has 0 bridgehead atoms. The van der Waals surface area contributed by atoms with Crippen LogP contribution in [0.5, 0.6) is 0 Å². The third-order valence-electron chi connectivity index (χ3n) is 6.22. The molecule has 0 radical (unpaired) electrons. The highest BCUT2D eigenvalue weighted by molar-refractivity contribution is 5.83. The third kappa shape index (κ3) is 5.94. The minimum absolute atomic E-state index is 0.0272. The predicted molar refractivity (Wildman–Crippen MR) is 130 cm³/mol. The zero-order valence-electron chi connectivity index (χ0n) is 20.6. The summed E-state index contributed by atoms with van der Waals surface area (Å²) in [5.41, 5.74) is -4.02. The molecule has 0 heterocycles. The zero-order valence-corrected chi connectivity index (χ0v) is 20.6. The van der Waals surface area contributed by atoms with E-state index in [1.165, 1.54) is 32.0 Å². The van der Waals surface area contributed by atoms with Crippen molar-refractivity contribution in [3.05, 3.63) is 108 Å². The largest absolute Gasteiger partial charge is 0.457 e. The van der Waals surface area contributed by atoms with Crippen molar-refractivity contribution in [2.45, 2.75) is 43.9 Å². The molecule has 37 heavy (non-hydrogen) atoms. The van der Waals surface area contributed by atoms with Gasteiger partial charge in [-0.15, -0.1) is 0 Å². The molecule has 0 saturated carbocycles. The van der Waals surface area contributed by atoms with Crippen molar-refractivity contribution in [3.63, 3.8) is 0 Å². The average Bonchev–Trinajstić information content (AvgIpc) is 2.89. The maximum atomic E-state index is 14.3. The minimum atomic E-state index is -5.13.